The SMILES string of the molecule is CN1CCC(N)(CCc2ccccc2Br)CC1. The van der Waals surface area contributed by atoms with Crippen LogP contribution >= 0.6 is 15.9 Å². The molecule has 0 spiro atoms. The summed E-state index contributed by atoms with van der Waals surface area (Å²) in [5, 5.41) is 0. The zero-order valence-corrected chi connectivity index (χ0v) is 12.0. The predicted molar refractivity (Wildman–Crippen MR) is 76.1 cm³/mol. The summed E-state index contributed by atoms with van der Waals surface area (Å²) in [6.07, 6.45) is 4.40. The maximum atomic E-state index is 6.48. The highest BCUT2D eigenvalue weighted by molar-refractivity contribution is 9.10. The number of piperidine rings is 1. The highest BCUT2D eigenvalue weighted by Gasteiger charge is 2.28. The lowest BCUT2D eigenvalue weighted by atomic mass is 9.83. The quantitative estimate of drug-likeness (QED) is 0.929. The Labute approximate surface area is 112 Å². The van der Waals surface area contributed by atoms with E-state index in [1.165, 1.54) is 10.0 Å². The minimum atomic E-state index is 0.0434. The Morgan fingerprint density at radius 2 is 1.94 bits per heavy atom. The van der Waals surface area contributed by atoms with E-state index in [0.717, 1.165) is 38.8 Å². The first kappa shape index (κ1) is 13.1. The summed E-state index contributed by atoms with van der Waals surface area (Å²) in [6.45, 7) is 2.26. The van der Waals surface area contributed by atoms with Crippen LogP contribution < -0.4 is 5.73 Å². The number of halogens is 1. The molecule has 2 N–H and O–H groups in total. The Balaban J connectivity index is 1.92. The third-order valence-electron chi connectivity index (χ3n) is 3.83. The normalized spacial score (nSPS) is 20.4. The van der Waals surface area contributed by atoms with Crippen LogP contribution in [0.25, 0.3) is 0 Å². The number of likely N-dealkylation sites (tertiary alicyclic amines) is 1. The number of hydrogen-bond acceptors (Lipinski definition) is 2. The van der Waals surface area contributed by atoms with Crippen molar-refractivity contribution in [3.63, 3.8) is 0 Å². The maximum absolute atomic E-state index is 6.48. The van der Waals surface area contributed by atoms with Crippen molar-refractivity contribution in [3.8, 4) is 0 Å². The van der Waals surface area contributed by atoms with Crippen molar-refractivity contribution in [1.82, 2.24) is 4.90 Å². The molecule has 1 fully saturated rings. The molecule has 1 aromatic rings. The van der Waals surface area contributed by atoms with Crippen molar-refractivity contribution < 1.29 is 0 Å². The molecule has 94 valence electrons. The number of rotatable bonds is 3. The predicted octanol–water partition coefficient (Wildman–Crippen LogP) is 2.80. The summed E-state index contributed by atoms with van der Waals surface area (Å²) in [5.41, 5.74) is 7.89. The topological polar surface area (TPSA) is 29.3 Å². The summed E-state index contributed by atoms with van der Waals surface area (Å²) in [4.78, 5) is 2.36. The van der Waals surface area contributed by atoms with Crippen LogP contribution in [0, 0.1) is 0 Å². The molecule has 1 heterocycles. The highest BCUT2D eigenvalue weighted by atomic mass is 79.9. The van der Waals surface area contributed by atoms with Crippen molar-refractivity contribution in [1.29, 1.82) is 0 Å². The molecule has 0 aromatic heterocycles. The first-order valence-corrected chi connectivity index (χ1v) is 7.09. The highest BCUT2D eigenvalue weighted by Crippen LogP contribution is 2.26. The molecular formula is C14H21BrN2. The van der Waals surface area contributed by atoms with Crippen LogP contribution in [0.4, 0.5) is 0 Å². The Kier molecular flexibility index (Phi) is 4.23. The van der Waals surface area contributed by atoms with Gasteiger partial charge in [0, 0.05) is 10.0 Å². The van der Waals surface area contributed by atoms with Crippen LogP contribution in [0.2, 0.25) is 0 Å². The van der Waals surface area contributed by atoms with E-state index in [-0.39, 0.29) is 5.54 Å². The van der Waals surface area contributed by atoms with Gasteiger partial charge in [-0.05, 0) is 57.5 Å². The molecule has 0 amide bonds. The van der Waals surface area contributed by atoms with E-state index in [0.29, 0.717) is 0 Å². The maximum Gasteiger partial charge on any atom is 0.0207 e. The third kappa shape index (κ3) is 3.54. The Morgan fingerprint density at radius 1 is 1.29 bits per heavy atom. The first-order chi connectivity index (χ1) is 8.09. The van der Waals surface area contributed by atoms with Crippen molar-refractivity contribution in [2.45, 2.75) is 31.2 Å². The average molecular weight is 297 g/mol. The summed E-state index contributed by atoms with van der Waals surface area (Å²) >= 11 is 3.60. The molecule has 1 aliphatic rings. The van der Waals surface area contributed by atoms with E-state index >= 15 is 0 Å². The lowest BCUT2D eigenvalue weighted by Gasteiger charge is -2.37. The summed E-state index contributed by atoms with van der Waals surface area (Å²) in [7, 11) is 2.17. The molecule has 17 heavy (non-hydrogen) atoms. The van der Waals surface area contributed by atoms with Gasteiger partial charge in [0.15, 0.2) is 0 Å². The summed E-state index contributed by atoms with van der Waals surface area (Å²) < 4.78 is 1.21. The smallest absolute Gasteiger partial charge is 0.0207 e. The van der Waals surface area contributed by atoms with Crippen LogP contribution in [0.5, 0.6) is 0 Å². The van der Waals surface area contributed by atoms with Gasteiger partial charge in [0.05, 0.1) is 0 Å². The Hall–Kier alpha value is -0.380. The first-order valence-electron chi connectivity index (χ1n) is 6.30. The zero-order valence-electron chi connectivity index (χ0n) is 10.5. The molecule has 0 atom stereocenters. The number of aryl methyl sites for hydroxylation is 1. The number of benzene rings is 1. The van der Waals surface area contributed by atoms with Crippen molar-refractivity contribution in [2.24, 2.45) is 5.73 Å². The van der Waals surface area contributed by atoms with Crippen LogP contribution in [-0.4, -0.2) is 30.6 Å². The van der Waals surface area contributed by atoms with Gasteiger partial charge >= 0.3 is 0 Å². The molecule has 0 aliphatic carbocycles. The molecule has 2 nitrogen and oxygen atoms in total. The van der Waals surface area contributed by atoms with Gasteiger partial charge in [-0.25, -0.2) is 0 Å². The van der Waals surface area contributed by atoms with Gasteiger partial charge in [0.25, 0.3) is 0 Å². The average Bonchev–Trinajstić information content (AvgIpc) is 2.33. The second kappa shape index (κ2) is 5.51. The Bertz CT molecular complexity index is 370. The minimum absolute atomic E-state index is 0.0434. The minimum Gasteiger partial charge on any atom is -0.325 e. The molecule has 2 rings (SSSR count). The number of nitrogens with zero attached hydrogens (tertiary/aromatic N) is 1. The van der Waals surface area contributed by atoms with Gasteiger partial charge in [-0.3, -0.25) is 0 Å². The van der Waals surface area contributed by atoms with Crippen LogP contribution in [-0.2, 0) is 6.42 Å². The van der Waals surface area contributed by atoms with E-state index < -0.39 is 0 Å². The fraction of sp³-hybridized carbons (Fsp3) is 0.571. The second-order valence-corrected chi connectivity index (χ2v) is 6.11. The molecule has 1 aromatic carbocycles. The lowest BCUT2D eigenvalue weighted by Crippen LogP contribution is -2.49. The molecule has 3 heteroatoms. The number of hydrogen-bond donors (Lipinski definition) is 1. The van der Waals surface area contributed by atoms with E-state index in [4.69, 9.17) is 5.73 Å². The van der Waals surface area contributed by atoms with Gasteiger partial charge < -0.3 is 10.6 Å². The summed E-state index contributed by atoms with van der Waals surface area (Å²) in [6, 6.07) is 8.44. The van der Waals surface area contributed by atoms with E-state index in [1.54, 1.807) is 0 Å². The molecular weight excluding hydrogens is 276 g/mol. The van der Waals surface area contributed by atoms with Gasteiger partial charge in [-0.1, -0.05) is 34.1 Å². The number of nitrogens with two attached hydrogens (primary N) is 1. The Morgan fingerprint density at radius 3 is 2.59 bits per heavy atom. The second-order valence-electron chi connectivity index (χ2n) is 5.26. The van der Waals surface area contributed by atoms with E-state index in [1.807, 2.05) is 0 Å². The molecule has 1 aliphatic heterocycles. The third-order valence-corrected chi connectivity index (χ3v) is 4.61. The van der Waals surface area contributed by atoms with Gasteiger partial charge in [-0.15, -0.1) is 0 Å². The van der Waals surface area contributed by atoms with Crippen LogP contribution in [0.1, 0.15) is 24.8 Å². The molecule has 0 saturated carbocycles. The van der Waals surface area contributed by atoms with Gasteiger partial charge in [0.1, 0.15) is 0 Å². The van der Waals surface area contributed by atoms with E-state index in [2.05, 4.69) is 52.1 Å². The monoisotopic (exact) mass is 296 g/mol. The van der Waals surface area contributed by atoms with Crippen LogP contribution in [0.3, 0.4) is 0 Å². The summed E-state index contributed by atoms with van der Waals surface area (Å²) in [5.74, 6) is 0. The largest absolute Gasteiger partial charge is 0.325 e. The molecule has 1 saturated heterocycles. The molecule has 0 bridgehead atoms. The van der Waals surface area contributed by atoms with Crippen molar-refractivity contribution in [3.05, 3.63) is 34.3 Å². The molecule has 0 unspecified atom stereocenters. The van der Waals surface area contributed by atoms with Crippen molar-refractivity contribution in [2.75, 3.05) is 20.1 Å². The fourth-order valence-electron chi connectivity index (χ4n) is 2.40. The van der Waals surface area contributed by atoms with Crippen molar-refractivity contribution >= 4 is 15.9 Å². The van der Waals surface area contributed by atoms with Gasteiger partial charge in [0.2, 0.25) is 0 Å². The standard InChI is InChI=1S/C14H21BrN2/c1-17-10-8-14(16,9-11-17)7-6-12-4-2-3-5-13(12)15/h2-5H,6-11,16H2,1H3. The zero-order chi connectivity index (χ0) is 12.3. The van der Waals surface area contributed by atoms with Gasteiger partial charge in [-0.2, -0.15) is 0 Å². The van der Waals surface area contributed by atoms with Crippen LogP contribution in [0.15, 0.2) is 28.7 Å². The molecule has 0 radical (unpaired) electrons. The fourth-order valence-corrected chi connectivity index (χ4v) is 2.88. The lowest BCUT2D eigenvalue weighted by molar-refractivity contribution is 0.182. The van der Waals surface area contributed by atoms with E-state index in [9.17, 15) is 0 Å².